The van der Waals surface area contributed by atoms with E-state index in [9.17, 15) is 9.18 Å². The van der Waals surface area contributed by atoms with Gasteiger partial charge in [0.2, 0.25) is 0 Å². The highest BCUT2D eigenvalue weighted by Crippen LogP contribution is 2.16. The van der Waals surface area contributed by atoms with Crippen LogP contribution in [0.4, 0.5) is 10.1 Å². The van der Waals surface area contributed by atoms with E-state index in [0.717, 1.165) is 5.01 Å². The molecule has 0 fully saturated rings. The van der Waals surface area contributed by atoms with Crippen LogP contribution in [0.1, 0.15) is 6.92 Å². The highest BCUT2D eigenvalue weighted by Gasteiger charge is 2.16. The van der Waals surface area contributed by atoms with Gasteiger partial charge < -0.3 is 5.73 Å². The Morgan fingerprint density at radius 3 is 2.50 bits per heavy atom. The molecule has 0 aliphatic rings. The van der Waals surface area contributed by atoms with Crippen molar-refractivity contribution in [1.82, 2.24) is 0 Å². The zero-order chi connectivity index (χ0) is 12.1. The SMILES string of the molecule is C=NN(C(=O)/C(N)=C\C)c1ccc(F)cc1. The van der Waals surface area contributed by atoms with E-state index in [1.165, 1.54) is 30.3 Å². The molecule has 0 aromatic heterocycles. The quantitative estimate of drug-likeness (QED) is 0.479. The monoisotopic (exact) mass is 221 g/mol. The van der Waals surface area contributed by atoms with E-state index in [-0.39, 0.29) is 11.5 Å². The van der Waals surface area contributed by atoms with E-state index in [1.807, 2.05) is 0 Å². The van der Waals surface area contributed by atoms with Gasteiger partial charge in [0, 0.05) is 6.72 Å². The number of halogens is 1. The van der Waals surface area contributed by atoms with Crippen molar-refractivity contribution in [2.45, 2.75) is 6.92 Å². The van der Waals surface area contributed by atoms with E-state index in [4.69, 9.17) is 5.73 Å². The van der Waals surface area contributed by atoms with Gasteiger partial charge in [0.05, 0.1) is 11.4 Å². The maximum Gasteiger partial charge on any atom is 0.294 e. The lowest BCUT2D eigenvalue weighted by molar-refractivity contribution is -0.115. The predicted octanol–water partition coefficient (Wildman–Crippen LogP) is 1.64. The van der Waals surface area contributed by atoms with Gasteiger partial charge in [0.1, 0.15) is 5.82 Å². The van der Waals surface area contributed by atoms with Crippen LogP contribution < -0.4 is 10.7 Å². The number of carbonyl (C=O) groups excluding carboxylic acids is 1. The predicted molar refractivity (Wildman–Crippen MR) is 61.4 cm³/mol. The molecule has 1 rings (SSSR count). The van der Waals surface area contributed by atoms with Gasteiger partial charge in [-0.05, 0) is 31.2 Å². The lowest BCUT2D eigenvalue weighted by Gasteiger charge is -2.16. The number of hydrogen-bond donors (Lipinski definition) is 1. The Morgan fingerprint density at radius 1 is 1.50 bits per heavy atom. The fourth-order valence-corrected chi connectivity index (χ4v) is 1.09. The summed E-state index contributed by atoms with van der Waals surface area (Å²) in [6, 6.07) is 5.30. The van der Waals surface area contributed by atoms with Gasteiger partial charge in [0.15, 0.2) is 0 Å². The molecule has 2 N–H and O–H groups in total. The van der Waals surface area contributed by atoms with Crippen LogP contribution in [0.5, 0.6) is 0 Å². The lowest BCUT2D eigenvalue weighted by atomic mass is 10.3. The van der Waals surface area contributed by atoms with Crippen molar-refractivity contribution in [2.75, 3.05) is 5.01 Å². The van der Waals surface area contributed by atoms with Crippen LogP contribution in [-0.2, 0) is 4.79 Å². The number of hydrogen-bond acceptors (Lipinski definition) is 3. The number of anilines is 1. The van der Waals surface area contributed by atoms with E-state index < -0.39 is 5.91 Å². The maximum absolute atomic E-state index is 12.7. The van der Waals surface area contributed by atoms with Crippen LogP contribution in [0.2, 0.25) is 0 Å². The molecule has 0 spiro atoms. The minimum Gasteiger partial charge on any atom is -0.394 e. The molecule has 0 aliphatic carbocycles. The average molecular weight is 221 g/mol. The third kappa shape index (κ3) is 2.44. The molecular formula is C11H12FN3O. The van der Waals surface area contributed by atoms with E-state index in [1.54, 1.807) is 6.92 Å². The molecule has 0 radical (unpaired) electrons. The topological polar surface area (TPSA) is 58.7 Å². The van der Waals surface area contributed by atoms with Crippen LogP contribution in [0.3, 0.4) is 0 Å². The van der Waals surface area contributed by atoms with E-state index >= 15 is 0 Å². The van der Waals surface area contributed by atoms with Crippen LogP contribution in [0.15, 0.2) is 41.1 Å². The van der Waals surface area contributed by atoms with Crippen LogP contribution >= 0.6 is 0 Å². The molecule has 0 bridgehead atoms. The molecule has 4 nitrogen and oxygen atoms in total. The summed E-state index contributed by atoms with van der Waals surface area (Å²) in [5.41, 5.74) is 5.93. The maximum atomic E-state index is 12.7. The summed E-state index contributed by atoms with van der Waals surface area (Å²) >= 11 is 0. The highest BCUT2D eigenvalue weighted by molar-refractivity contribution is 6.04. The Balaban J connectivity index is 3.03. The van der Waals surface area contributed by atoms with Crippen molar-refractivity contribution >= 4 is 18.3 Å². The average Bonchev–Trinajstić information content (AvgIpc) is 2.31. The minimum absolute atomic E-state index is 0.0525. The van der Waals surface area contributed by atoms with Crippen LogP contribution in [0, 0.1) is 5.82 Å². The van der Waals surface area contributed by atoms with Crippen molar-refractivity contribution in [3.63, 3.8) is 0 Å². The summed E-state index contributed by atoms with van der Waals surface area (Å²) in [6.07, 6.45) is 1.46. The number of allylic oxidation sites excluding steroid dienone is 1. The zero-order valence-corrected chi connectivity index (χ0v) is 8.85. The van der Waals surface area contributed by atoms with E-state index in [0.29, 0.717) is 5.69 Å². The Kier molecular flexibility index (Phi) is 3.77. The first kappa shape index (κ1) is 11.9. The summed E-state index contributed by atoms with van der Waals surface area (Å²) in [5.74, 6) is -0.886. The second kappa shape index (κ2) is 5.06. The molecule has 1 amide bonds. The molecule has 5 heteroatoms. The molecule has 0 heterocycles. The summed E-state index contributed by atoms with van der Waals surface area (Å²) in [4.78, 5) is 11.7. The molecule has 16 heavy (non-hydrogen) atoms. The fraction of sp³-hybridized carbons (Fsp3) is 0.0909. The van der Waals surface area contributed by atoms with Gasteiger partial charge in [0.25, 0.3) is 5.91 Å². The van der Waals surface area contributed by atoms with Gasteiger partial charge in [-0.25, -0.2) is 4.39 Å². The van der Waals surface area contributed by atoms with Crippen molar-refractivity contribution in [3.05, 3.63) is 41.9 Å². The van der Waals surface area contributed by atoms with Crippen LogP contribution in [-0.4, -0.2) is 12.6 Å². The zero-order valence-electron chi connectivity index (χ0n) is 8.85. The molecular weight excluding hydrogens is 209 g/mol. The van der Waals surface area contributed by atoms with Crippen molar-refractivity contribution in [1.29, 1.82) is 0 Å². The second-order valence-corrected chi connectivity index (χ2v) is 2.98. The molecule has 0 saturated carbocycles. The number of hydrazone groups is 1. The lowest BCUT2D eigenvalue weighted by Crippen LogP contribution is -2.29. The van der Waals surface area contributed by atoms with Gasteiger partial charge in [-0.1, -0.05) is 6.08 Å². The molecule has 0 aliphatic heterocycles. The van der Waals surface area contributed by atoms with E-state index in [2.05, 4.69) is 11.8 Å². The molecule has 84 valence electrons. The first-order valence-corrected chi connectivity index (χ1v) is 4.58. The minimum atomic E-state index is -0.496. The normalized spacial score (nSPS) is 11.0. The fourth-order valence-electron chi connectivity index (χ4n) is 1.09. The van der Waals surface area contributed by atoms with Gasteiger partial charge in [-0.3, -0.25) is 4.79 Å². The summed E-state index contributed by atoms with van der Waals surface area (Å²) in [6.45, 7) is 4.91. The van der Waals surface area contributed by atoms with Gasteiger partial charge in [-0.2, -0.15) is 10.1 Å². The summed E-state index contributed by atoms with van der Waals surface area (Å²) < 4.78 is 12.7. The molecule has 1 aromatic rings. The number of nitrogens with two attached hydrogens (primary N) is 1. The number of carbonyl (C=O) groups is 1. The third-order valence-corrected chi connectivity index (χ3v) is 1.96. The Morgan fingerprint density at radius 2 is 2.06 bits per heavy atom. The van der Waals surface area contributed by atoms with Gasteiger partial charge >= 0.3 is 0 Å². The number of amides is 1. The Bertz CT molecular complexity index is 425. The largest absolute Gasteiger partial charge is 0.394 e. The Labute approximate surface area is 92.9 Å². The highest BCUT2D eigenvalue weighted by atomic mass is 19.1. The standard InChI is InChI=1S/C11H12FN3O/c1-3-10(13)11(16)15(14-2)9-6-4-8(12)5-7-9/h3-7H,2,13H2,1H3/b10-3+. The first-order chi connectivity index (χ1) is 7.60. The number of nitrogens with zero attached hydrogens (tertiary/aromatic N) is 2. The van der Waals surface area contributed by atoms with Crippen molar-refractivity contribution in [3.8, 4) is 0 Å². The molecule has 0 atom stereocenters. The van der Waals surface area contributed by atoms with Crippen molar-refractivity contribution in [2.24, 2.45) is 10.8 Å². The second-order valence-electron chi connectivity index (χ2n) is 2.98. The first-order valence-electron chi connectivity index (χ1n) is 4.58. The smallest absolute Gasteiger partial charge is 0.294 e. The summed E-state index contributed by atoms with van der Waals surface area (Å²) in [5, 5.41) is 4.56. The summed E-state index contributed by atoms with van der Waals surface area (Å²) in [7, 11) is 0. The molecule has 0 saturated heterocycles. The van der Waals surface area contributed by atoms with Gasteiger partial charge in [-0.15, -0.1) is 0 Å². The third-order valence-electron chi connectivity index (χ3n) is 1.96. The molecule has 0 unspecified atom stereocenters. The number of benzene rings is 1. The van der Waals surface area contributed by atoms with Crippen molar-refractivity contribution < 1.29 is 9.18 Å². The number of rotatable bonds is 3. The Hall–Kier alpha value is -2.17. The van der Waals surface area contributed by atoms with Crippen LogP contribution in [0.25, 0.3) is 0 Å². The molecule has 1 aromatic carbocycles.